The fourth-order valence-corrected chi connectivity index (χ4v) is 4.20. The van der Waals surface area contributed by atoms with Crippen molar-refractivity contribution in [1.29, 1.82) is 0 Å². The first kappa shape index (κ1) is 19.4. The van der Waals surface area contributed by atoms with E-state index in [1.165, 1.54) is 0 Å². The second kappa shape index (κ2) is 8.12. The van der Waals surface area contributed by atoms with Gasteiger partial charge in [-0.05, 0) is 29.7 Å². The molecule has 0 saturated carbocycles. The van der Waals surface area contributed by atoms with Gasteiger partial charge in [-0.25, -0.2) is 0 Å². The van der Waals surface area contributed by atoms with Gasteiger partial charge in [0.25, 0.3) is 5.91 Å². The highest BCUT2D eigenvalue weighted by molar-refractivity contribution is 7.99. The normalized spacial score (nSPS) is 15.8. The van der Waals surface area contributed by atoms with Gasteiger partial charge in [0.2, 0.25) is 0 Å². The Kier molecular flexibility index (Phi) is 6.06. The Hall–Kier alpha value is -1.36. The van der Waals surface area contributed by atoms with E-state index in [-0.39, 0.29) is 10.7 Å². The number of carbonyl (C=O) groups excluding carboxylic acids is 1. The minimum atomic E-state index is -4.49. The van der Waals surface area contributed by atoms with Gasteiger partial charge in [0.05, 0.1) is 16.3 Å². The zero-order valence-corrected chi connectivity index (χ0v) is 15.7. The number of nitrogens with one attached hydrogen (secondary N) is 1. The van der Waals surface area contributed by atoms with Crippen molar-refractivity contribution in [3.63, 3.8) is 0 Å². The van der Waals surface area contributed by atoms with Gasteiger partial charge >= 0.3 is 6.18 Å². The molecule has 11 heteroatoms. The lowest BCUT2D eigenvalue weighted by molar-refractivity contribution is -0.137. The molecule has 0 radical (unpaired) electrons. The smallest absolute Gasteiger partial charge is 0.320 e. The van der Waals surface area contributed by atoms with Crippen LogP contribution in [0.5, 0.6) is 0 Å². The summed E-state index contributed by atoms with van der Waals surface area (Å²) < 4.78 is 41.9. The first-order chi connectivity index (χ1) is 12.3. The molecule has 1 amide bonds. The monoisotopic (exact) mass is 422 g/mol. The Morgan fingerprint density at radius 1 is 1.31 bits per heavy atom. The van der Waals surface area contributed by atoms with Crippen LogP contribution in [0, 0.1) is 0 Å². The summed E-state index contributed by atoms with van der Waals surface area (Å²) in [6, 6.07) is 2.80. The topological polar surface area (TPSA) is 58.1 Å². The van der Waals surface area contributed by atoms with E-state index in [1.807, 2.05) is 11.8 Å². The Morgan fingerprint density at radius 2 is 2.04 bits per heavy atom. The molecule has 1 aromatic heterocycles. The fraction of sp³-hybridized carbons (Fsp3) is 0.400. The summed E-state index contributed by atoms with van der Waals surface area (Å²) in [4.78, 5) is 15.0. The van der Waals surface area contributed by atoms with E-state index in [4.69, 9.17) is 11.6 Å². The largest absolute Gasteiger partial charge is 0.416 e. The van der Waals surface area contributed by atoms with Crippen LogP contribution in [-0.2, 0) is 12.7 Å². The fourth-order valence-electron chi connectivity index (χ4n) is 2.43. The SMILES string of the molecule is O=C(Nc1ccc(C(F)(F)F)cc1Cl)c1snnc1CN1CCSCC1. The highest BCUT2D eigenvalue weighted by Gasteiger charge is 2.31. The van der Waals surface area contributed by atoms with Crippen molar-refractivity contribution in [2.24, 2.45) is 0 Å². The maximum atomic E-state index is 12.7. The summed E-state index contributed by atoms with van der Waals surface area (Å²) >= 11 is 8.71. The second-order valence-electron chi connectivity index (χ2n) is 5.58. The Bertz CT molecular complexity index is 793. The van der Waals surface area contributed by atoms with Gasteiger partial charge in [-0.1, -0.05) is 16.1 Å². The molecule has 1 aliphatic heterocycles. The van der Waals surface area contributed by atoms with Crippen molar-refractivity contribution in [3.05, 3.63) is 39.4 Å². The predicted octanol–water partition coefficient (Wildman–Crippen LogP) is 4.01. The average Bonchev–Trinajstić information content (AvgIpc) is 3.05. The maximum Gasteiger partial charge on any atom is 0.416 e. The maximum absolute atomic E-state index is 12.7. The third-order valence-corrected chi connectivity index (χ3v) is 5.81. The summed E-state index contributed by atoms with van der Waals surface area (Å²) in [6.07, 6.45) is -4.49. The van der Waals surface area contributed by atoms with Crippen molar-refractivity contribution < 1.29 is 18.0 Å². The molecule has 1 fully saturated rings. The van der Waals surface area contributed by atoms with Gasteiger partial charge in [0, 0.05) is 31.1 Å². The number of nitrogens with zero attached hydrogens (tertiary/aromatic N) is 3. The van der Waals surface area contributed by atoms with E-state index < -0.39 is 17.6 Å². The summed E-state index contributed by atoms with van der Waals surface area (Å²) in [7, 11) is 0. The van der Waals surface area contributed by atoms with E-state index in [0.29, 0.717) is 17.1 Å². The van der Waals surface area contributed by atoms with Crippen LogP contribution in [0.3, 0.4) is 0 Å². The minimum absolute atomic E-state index is 0.110. The van der Waals surface area contributed by atoms with Crippen LogP contribution in [-0.4, -0.2) is 45.0 Å². The van der Waals surface area contributed by atoms with E-state index in [0.717, 1.165) is 54.3 Å². The molecule has 26 heavy (non-hydrogen) atoms. The van der Waals surface area contributed by atoms with Crippen molar-refractivity contribution in [1.82, 2.24) is 14.5 Å². The van der Waals surface area contributed by atoms with E-state index in [2.05, 4.69) is 19.8 Å². The Balaban J connectivity index is 1.72. The van der Waals surface area contributed by atoms with Crippen LogP contribution in [0.15, 0.2) is 18.2 Å². The molecule has 5 nitrogen and oxygen atoms in total. The molecule has 0 spiro atoms. The molecular weight excluding hydrogens is 409 g/mol. The zero-order valence-electron chi connectivity index (χ0n) is 13.3. The summed E-state index contributed by atoms with van der Waals surface area (Å²) in [6.45, 7) is 2.34. The van der Waals surface area contributed by atoms with Crippen LogP contribution >= 0.6 is 34.9 Å². The zero-order chi connectivity index (χ0) is 18.7. The van der Waals surface area contributed by atoms with Crippen LogP contribution < -0.4 is 5.32 Å². The first-order valence-electron chi connectivity index (χ1n) is 7.64. The standard InChI is InChI=1S/C15H14ClF3N4OS2/c16-10-7-9(15(17,18)19)1-2-11(10)20-14(24)13-12(21-22-26-13)8-23-3-5-25-6-4-23/h1-2,7H,3-6,8H2,(H,20,24). The second-order valence-corrected chi connectivity index (χ2v) is 7.97. The lowest BCUT2D eigenvalue weighted by Gasteiger charge is -2.25. The number of halogens is 4. The number of carbonyl (C=O) groups is 1. The number of benzene rings is 1. The molecule has 1 aromatic carbocycles. The number of thioether (sulfide) groups is 1. The first-order valence-corrected chi connectivity index (χ1v) is 9.94. The number of amides is 1. The predicted molar refractivity (Wildman–Crippen MR) is 96.9 cm³/mol. The number of rotatable bonds is 4. The van der Waals surface area contributed by atoms with Crippen molar-refractivity contribution in [3.8, 4) is 0 Å². The molecule has 1 N–H and O–H groups in total. The number of hydrogen-bond donors (Lipinski definition) is 1. The highest BCUT2D eigenvalue weighted by atomic mass is 35.5. The van der Waals surface area contributed by atoms with Crippen molar-refractivity contribution in [2.45, 2.75) is 12.7 Å². The van der Waals surface area contributed by atoms with Crippen LogP contribution in [0.2, 0.25) is 5.02 Å². The van der Waals surface area contributed by atoms with Gasteiger partial charge in [-0.15, -0.1) is 5.10 Å². The molecule has 1 aliphatic rings. The molecule has 140 valence electrons. The average molecular weight is 423 g/mol. The van der Waals surface area contributed by atoms with Crippen molar-refractivity contribution >= 4 is 46.5 Å². The molecule has 2 heterocycles. The van der Waals surface area contributed by atoms with E-state index >= 15 is 0 Å². The molecule has 0 atom stereocenters. The van der Waals surface area contributed by atoms with Crippen LogP contribution in [0.25, 0.3) is 0 Å². The number of alkyl halides is 3. The third kappa shape index (κ3) is 4.67. The van der Waals surface area contributed by atoms with Gasteiger partial charge < -0.3 is 5.32 Å². The van der Waals surface area contributed by atoms with E-state index in [9.17, 15) is 18.0 Å². The number of anilines is 1. The van der Waals surface area contributed by atoms with E-state index in [1.54, 1.807) is 0 Å². The van der Waals surface area contributed by atoms with Gasteiger partial charge in [0.1, 0.15) is 10.6 Å². The molecule has 0 aliphatic carbocycles. The lowest BCUT2D eigenvalue weighted by atomic mass is 10.2. The Morgan fingerprint density at radius 3 is 2.69 bits per heavy atom. The lowest BCUT2D eigenvalue weighted by Crippen LogP contribution is -2.32. The molecule has 3 rings (SSSR count). The minimum Gasteiger partial charge on any atom is -0.320 e. The number of aromatic nitrogens is 2. The third-order valence-electron chi connectivity index (χ3n) is 3.78. The summed E-state index contributed by atoms with van der Waals surface area (Å²) in [5, 5.41) is 6.38. The molecule has 0 unspecified atom stereocenters. The number of hydrogen-bond acceptors (Lipinski definition) is 6. The molecular formula is C15H14ClF3N4OS2. The van der Waals surface area contributed by atoms with Gasteiger partial charge in [-0.2, -0.15) is 24.9 Å². The molecule has 2 aromatic rings. The molecule has 1 saturated heterocycles. The van der Waals surface area contributed by atoms with Gasteiger partial charge in [-0.3, -0.25) is 9.69 Å². The van der Waals surface area contributed by atoms with Crippen LogP contribution in [0.4, 0.5) is 18.9 Å². The summed E-state index contributed by atoms with van der Waals surface area (Å²) in [5.74, 6) is 1.57. The quantitative estimate of drug-likeness (QED) is 0.806. The molecule has 0 bridgehead atoms. The van der Waals surface area contributed by atoms with Crippen LogP contribution in [0.1, 0.15) is 20.9 Å². The summed E-state index contributed by atoms with van der Waals surface area (Å²) in [5.41, 5.74) is -0.204. The highest BCUT2D eigenvalue weighted by Crippen LogP contribution is 2.34. The van der Waals surface area contributed by atoms with Gasteiger partial charge in [0.15, 0.2) is 0 Å². The van der Waals surface area contributed by atoms with Crippen molar-refractivity contribution in [2.75, 3.05) is 29.9 Å². The Labute approximate surface area is 161 Å².